The predicted octanol–water partition coefficient (Wildman–Crippen LogP) is 4.05. The van der Waals surface area contributed by atoms with Crippen LogP contribution >= 0.6 is 27.5 Å². The maximum absolute atomic E-state index is 5.95. The summed E-state index contributed by atoms with van der Waals surface area (Å²) in [6.07, 6.45) is 0. The molecule has 0 unspecified atom stereocenters. The van der Waals surface area contributed by atoms with E-state index in [9.17, 15) is 0 Å². The lowest BCUT2D eigenvalue weighted by atomic mass is 10.2. The van der Waals surface area contributed by atoms with E-state index in [1.807, 2.05) is 18.2 Å². The zero-order valence-corrected chi connectivity index (χ0v) is 12.3. The molecule has 0 aliphatic rings. The van der Waals surface area contributed by atoms with E-state index in [2.05, 4.69) is 30.9 Å². The lowest BCUT2D eigenvalue weighted by molar-refractivity contribution is 0.416. The van der Waals surface area contributed by atoms with Gasteiger partial charge in [-0.25, -0.2) is 9.97 Å². The summed E-state index contributed by atoms with van der Waals surface area (Å²) < 4.78 is 6.08. The van der Waals surface area contributed by atoms with Crippen molar-refractivity contribution < 1.29 is 4.74 Å². The number of hydrogen-bond acceptors (Lipinski definition) is 3. The van der Waals surface area contributed by atoms with E-state index < -0.39 is 0 Å². The van der Waals surface area contributed by atoms with Crippen molar-refractivity contribution in [1.82, 2.24) is 15.0 Å². The van der Waals surface area contributed by atoms with Gasteiger partial charge in [0.2, 0.25) is 0 Å². The van der Waals surface area contributed by atoms with E-state index in [-0.39, 0.29) is 0 Å². The van der Waals surface area contributed by atoms with Gasteiger partial charge >= 0.3 is 0 Å². The first-order valence-electron chi connectivity index (χ1n) is 5.53. The molecule has 0 fully saturated rings. The van der Waals surface area contributed by atoms with Gasteiger partial charge in [0.25, 0.3) is 0 Å². The van der Waals surface area contributed by atoms with Crippen molar-refractivity contribution in [3.8, 4) is 17.1 Å². The summed E-state index contributed by atoms with van der Waals surface area (Å²) in [6, 6.07) is 9.21. The largest absolute Gasteiger partial charge is 0.496 e. The molecule has 1 aromatic carbocycles. The molecule has 0 saturated heterocycles. The fraction of sp³-hybridized carbons (Fsp3) is 0.0769. The number of benzene rings is 1. The summed E-state index contributed by atoms with van der Waals surface area (Å²) in [5.41, 5.74) is 2.37. The highest BCUT2D eigenvalue weighted by atomic mass is 79.9. The number of hydrogen-bond donors (Lipinski definition) is 1. The van der Waals surface area contributed by atoms with E-state index in [1.54, 1.807) is 19.2 Å². The van der Waals surface area contributed by atoms with Gasteiger partial charge in [-0.1, -0.05) is 11.6 Å². The van der Waals surface area contributed by atoms with Crippen molar-refractivity contribution in [2.75, 3.05) is 7.11 Å². The summed E-state index contributed by atoms with van der Waals surface area (Å²) in [6.45, 7) is 0. The smallest absolute Gasteiger partial charge is 0.179 e. The summed E-state index contributed by atoms with van der Waals surface area (Å²) >= 11 is 9.28. The molecule has 0 amide bonds. The molecule has 0 bridgehead atoms. The maximum Gasteiger partial charge on any atom is 0.179 e. The van der Waals surface area contributed by atoms with E-state index >= 15 is 0 Å². The number of ether oxygens (including phenoxy) is 1. The number of fused-ring (bicyclic) bond motifs is 1. The first-order chi connectivity index (χ1) is 9.17. The first kappa shape index (κ1) is 12.4. The molecule has 19 heavy (non-hydrogen) atoms. The van der Waals surface area contributed by atoms with Gasteiger partial charge in [0.15, 0.2) is 5.65 Å². The molecule has 4 nitrogen and oxygen atoms in total. The maximum atomic E-state index is 5.95. The molecule has 3 rings (SSSR count). The average molecular weight is 339 g/mol. The summed E-state index contributed by atoms with van der Waals surface area (Å²) in [5.74, 6) is 1.37. The third kappa shape index (κ3) is 2.31. The Morgan fingerprint density at radius 2 is 2.05 bits per heavy atom. The molecule has 0 aliphatic carbocycles. The normalized spacial score (nSPS) is 10.9. The van der Waals surface area contributed by atoms with Crippen molar-refractivity contribution in [1.29, 1.82) is 0 Å². The second-order valence-corrected chi connectivity index (χ2v) is 5.18. The van der Waals surface area contributed by atoms with Gasteiger partial charge in [0.1, 0.15) is 16.2 Å². The second-order valence-electron chi connectivity index (χ2n) is 3.94. The van der Waals surface area contributed by atoms with Crippen molar-refractivity contribution in [2.24, 2.45) is 0 Å². The van der Waals surface area contributed by atoms with Crippen molar-refractivity contribution in [3.63, 3.8) is 0 Å². The Kier molecular flexibility index (Phi) is 3.16. The van der Waals surface area contributed by atoms with E-state index in [4.69, 9.17) is 16.3 Å². The van der Waals surface area contributed by atoms with E-state index in [1.165, 1.54) is 0 Å². The molecule has 96 valence electrons. The molecule has 1 N–H and O–H groups in total. The van der Waals surface area contributed by atoms with Gasteiger partial charge in [-0.15, -0.1) is 0 Å². The van der Waals surface area contributed by atoms with Crippen LogP contribution < -0.4 is 4.74 Å². The first-order valence-corrected chi connectivity index (χ1v) is 6.70. The highest BCUT2D eigenvalue weighted by Gasteiger charge is 2.11. The summed E-state index contributed by atoms with van der Waals surface area (Å²) in [5, 5.41) is 0.623. The van der Waals surface area contributed by atoms with Gasteiger partial charge in [0.05, 0.1) is 18.2 Å². The number of H-pyrrole nitrogens is 1. The van der Waals surface area contributed by atoms with E-state index in [0.29, 0.717) is 22.2 Å². The van der Waals surface area contributed by atoms with Crippen LogP contribution in [0.5, 0.6) is 5.75 Å². The highest BCUT2D eigenvalue weighted by molar-refractivity contribution is 9.10. The zero-order chi connectivity index (χ0) is 13.4. The van der Waals surface area contributed by atoms with Crippen LogP contribution in [0.25, 0.3) is 22.6 Å². The Hall–Kier alpha value is -1.59. The standard InChI is InChI=1S/C13H9BrClN3O/c1-19-10-6-7(15)2-3-8(10)12-16-9-4-5-11(14)17-13(9)18-12/h2-6H,1H3,(H,16,17,18). The number of methoxy groups -OCH3 is 1. The average Bonchev–Trinajstić information content (AvgIpc) is 2.81. The third-order valence-corrected chi connectivity index (χ3v) is 3.41. The molecule has 0 aliphatic heterocycles. The van der Waals surface area contributed by atoms with Crippen LogP contribution in [0, 0.1) is 0 Å². The fourth-order valence-electron chi connectivity index (χ4n) is 1.86. The number of rotatable bonds is 2. The minimum absolute atomic E-state index is 0.623. The zero-order valence-electron chi connectivity index (χ0n) is 9.95. The molecule has 0 saturated carbocycles. The van der Waals surface area contributed by atoms with Crippen LogP contribution in [0.3, 0.4) is 0 Å². The van der Waals surface area contributed by atoms with Crippen LogP contribution in [-0.2, 0) is 0 Å². The van der Waals surface area contributed by atoms with Gasteiger partial charge in [-0.05, 0) is 46.3 Å². The number of imidazole rings is 1. The van der Waals surface area contributed by atoms with Crippen LogP contribution in [0.2, 0.25) is 5.02 Å². The Morgan fingerprint density at radius 3 is 2.84 bits per heavy atom. The molecular formula is C13H9BrClN3O. The Bertz CT molecular complexity index is 757. The Morgan fingerprint density at radius 1 is 1.21 bits per heavy atom. The number of aromatic nitrogens is 3. The fourth-order valence-corrected chi connectivity index (χ4v) is 2.32. The Labute approximate surface area is 122 Å². The van der Waals surface area contributed by atoms with Gasteiger partial charge in [-0.2, -0.15) is 0 Å². The van der Waals surface area contributed by atoms with Gasteiger partial charge in [0, 0.05) is 5.02 Å². The Balaban J connectivity index is 2.18. The van der Waals surface area contributed by atoms with Crippen LogP contribution in [0.4, 0.5) is 0 Å². The molecule has 6 heteroatoms. The lowest BCUT2D eigenvalue weighted by Crippen LogP contribution is -1.89. The SMILES string of the molecule is COc1cc(Cl)ccc1-c1nc2nc(Br)ccc2[nH]1. The second kappa shape index (κ2) is 4.83. The van der Waals surface area contributed by atoms with Gasteiger partial charge < -0.3 is 9.72 Å². The van der Waals surface area contributed by atoms with Crippen molar-refractivity contribution >= 4 is 38.7 Å². The number of nitrogens with zero attached hydrogens (tertiary/aromatic N) is 2. The molecule has 2 aromatic heterocycles. The number of nitrogens with one attached hydrogen (secondary N) is 1. The van der Waals surface area contributed by atoms with Crippen LogP contribution in [0.1, 0.15) is 0 Å². The van der Waals surface area contributed by atoms with Crippen LogP contribution in [-0.4, -0.2) is 22.1 Å². The molecule has 0 radical (unpaired) electrons. The number of halogens is 2. The topological polar surface area (TPSA) is 50.8 Å². The third-order valence-electron chi connectivity index (χ3n) is 2.73. The minimum Gasteiger partial charge on any atom is -0.496 e. The lowest BCUT2D eigenvalue weighted by Gasteiger charge is -2.05. The van der Waals surface area contributed by atoms with Crippen LogP contribution in [0.15, 0.2) is 34.9 Å². The van der Waals surface area contributed by atoms with Crippen molar-refractivity contribution in [3.05, 3.63) is 40.0 Å². The summed E-state index contributed by atoms with van der Waals surface area (Å²) in [7, 11) is 1.60. The van der Waals surface area contributed by atoms with Crippen molar-refractivity contribution in [2.45, 2.75) is 0 Å². The molecular weight excluding hydrogens is 330 g/mol. The number of aromatic amines is 1. The summed E-state index contributed by atoms with van der Waals surface area (Å²) in [4.78, 5) is 12.0. The molecule has 0 atom stereocenters. The molecule has 0 spiro atoms. The monoisotopic (exact) mass is 337 g/mol. The molecule has 2 heterocycles. The molecule has 3 aromatic rings. The quantitative estimate of drug-likeness (QED) is 0.717. The van der Waals surface area contributed by atoms with E-state index in [0.717, 1.165) is 15.7 Å². The number of pyridine rings is 1. The highest BCUT2D eigenvalue weighted by Crippen LogP contribution is 2.31. The van der Waals surface area contributed by atoms with Gasteiger partial charge in [-0.3, -0.25) is 0 Å². The minimum atomic E-state index is 0.623. The predicted molar refractivity (Wildman–Crippen MR) is 78.6 cm³/mol.